The van der Waals surface area contributed by atoms with Crippen molar-refractivity contribution in [1.29, 1.82) is 0 Å². The van der Waals surface area contributed by atoms with E-state index in [1.165, 1.54) is 4.31 Å². The fourth-order valence-electron chi connectivity index (χ4n) is 3.67. The molecule has 0 unspecified atom stereocenters. The molecular formula is C21H22N6O3S. The summed E-state index contributed by atoms with van der Waals surface area (Å²) < 4.78 is 34.0. The number of benzene rings is 2. The van der Waals surface area contributed by atoms with Crippen LogP contribution in [0.25, 0.3) is 16.6 Å². The van der Waals surface area contributed by atoms with Gasteiger partial charge in [0.2, 0.25) is 16.0 Å². The minimum atomic E-state index is -3.50. The van der Waals surface area contributed by atoms with Crippen molar-refractivity contribution in [3.8, 4) is 0 Å². The van der Waals surface area contributed by atoms with E-state index in [4.69, 9.17) is 4.74 Å². The molecule has 0 aliphatic carbocycles. The number of hydrogen-bond acceptors (Lipinski definition) is 7. The molecule has 0 saturated carbocycles. The third-order valence-electron chi connectivity index (χ3n) is 5.27. The average Bonchev–Trinajstić information content (AvgIpc) is 3.20. The number of anilines is 1. The van der Waals surface area contributed by atoms with Crippen LogP contribution in [-0.4, -0.2) is 58.6 Å². The van der Waals surface area contributed by atoms with Gasteiger partial charge in [0, 0.05) is 25.0 Å². The van der Waals surface area contributed by atoms with Crippen LogP contribution in [0.1, 0.15) is 11.4 Å². The molecule has 1 N–H and O–H groups in total. The lowest BCUT2D eigenvalue weighted by molar-refractivity contribution is 0.0730. The molecule has 2 aromatic carbocycles. The number of sulfonamides is 1. The molecule has 0 spiro atoms. The van der Waals surface area contributed by atoms with Gasteiger partial charge in [-0.15, -0.1) is 5.10 Å². The highest BCUT2D eigenvalue weighted by atomic mass is 32.2. The Bertz CT molecular complexity index is 1350. The highest BCUT2D eigenvalue weighted by Gasteiger charge is 2.26. The van der Waals surface area contributed by atoms with Crippen molar-refractivity contribution in [2.45, 2.75) is 18.4 Å². The lowest BCUT2D eigenvalue weighted by Gasteiger charge is -2.26. The van der Waals surface area contributed by atoms with Crippen LogP contribution in [0.3, 0.4) is 0 Å². The third-order valence-corrected chi connectivity index (χ3v) is 7.18. The smallest absolute Gasteiger partial charge is 0.243 e. The van der Waals surface area contributed by atoms with Crippen LogP contribution in [0, 0.1) is 6.92 Å². The highest BCUT2D eigenvalue weighted by molar-refractivity contribution is 7.89. The number of rotatable bonds is 5. The van der Waals surface area contributed by atoms with Gasteiger partial charge in [-0.3, -0.25) is 0 Å². The topological polar surface area (TPSA) is 102 Å². The second kappa shape index (κ2) is 7.88. The summed E-state index contributed by atoms with van der Waals surface area (Å²) in [6.45, 7) is 3.93. The molecule has 3 heterocycles. The van der Waals surface area contributed by atoms with E-state index >= 15 is 0 Å². The summed E-state index contributed by atoms with van der Waals surface area (Å²) in [6, 6.07) is 14.7. The Kier molecular flexibility index (Phi) is 5.05. The molecule has 31 heavy (non-hydrogen) atoms. The average molecular weight is 439 g/mol. The molecule has 160 valence electrons. The molecule has 1 saturated heterocycles. The van der Waals surface area contributed by atoms with Gasteiger partial charge in [-0.25, -0.2) is 18.4 Å². The molecule has 5 rings (SSSR count). The number of aryl methyl sites for hydroxylation is 1. The first kappa shape index (κ1) is 19.9. The zero-order valence-corrected chi connectivity index (χ0v) is 17.8. The lowest BCUT2D eigenvalue weighted by Crippen LogP contribution is -2.40. The first-order valence-corrected chi connectivity index (χ1v) is 11.5. The summed E-state index contributed by atoms with van der Waals surface area (Å²) in [5, 5.41) is 8.70. The SMILES string of the molecule is Cc1nc2c3ccccc3nc(NCc3ccc(S(=O)(=O)N4CCOCC4)cc3)n2n1. The van der Waals surface area contributed by atoms with Crippen LogP contribution in [0.2, 0.25) is 0 Å². The number of nitrogens with zero attached hydrogens (tertiary/aromatic N) is 5. The lowest BCUT2D eigenvalue weighted by atomic mass is 10.2. The van der Waals surface area contributed by atoms with E-state index in [9.17, 15) is 8.42 Å². The molecule has 4 aromatic rings. The fraction of sp³-hybridized carbons (Fsp3) is 0.286. The second-order valence-corrected chi connectivity index (χ2v) is 9.30. The molecule has 1 aliphatic rings. The van der Waals surface area contributed by atoms with Crippen LogP contribution in [0.15, 0.2) is 53.4 Å². The van der Waals surface area contributed by atoms with Crippen LogP contribution in [-0.2, 0) is 21.3 Å². The van der Waals surface area contributed by atoms with Gasteiger partial charge < -0.3 is 10.1 Å². The van der Waals surface area contributed by atoms with Gasteiger partial charge >= 0.3 is 0 Å². The minimum Gasteiger partial charge on any atom is -0.379 e. The molecule has 2 aromatic heterocycles. The normalized spacial score (nSPS) is 15.5. The summed E-state index contributed by atoms with van der Waals surface area (Å²) in [5.74, 6) is 1.25. The summed E-state index contributed by atoms with van der Waals surface area (Å²) in [6.07, 6.45) is 0. The van der Waals surface area contributed by atoms with E-state index in [0.717, 1.165) is 22.1 Å². The predicted octanol–water partition coefficient (Wildman–Crippen LogP) is 2.22. The number of aromatic nitrogens is 4. The number of fused-ring (bicyclic) bond motifs is 3. The number of morpholine rings is 1. The number of nitrogens with one attached hydrogen (secondary N) is 1. The first-order chi connectivity index (χ1) is 15.0. The summed E-state index contributed by atoms with van der Waals surface area (Å²) in [5.41, 5.74) is 2.51. The zero-order valence-electron chi connectivity index (χ0n) is 17.0. The van der Waals surface area contributed by atoms with Crippen molar-refractivity contribution in [3.63, 3.8) is 0 Å². The van der Waals surface area contributed by atoms with Crippen molar-refractivity contribution in [2.75, 3.05) is 31.6 Å². The van der Waals surface area contributed by atoms with Crippen molar-refractivity contribution < 1.29 is 13.2 Å². The van der Waals surface area contributed by atoms with Crippen molar-refractivity contribution in [1.82, 2.24) is 23.9 Å². The Morgan fingerprint density at radius 3 is 2.55 bits per heavy atom. The van der Waals surface area contributed by atoms with Crippen LogP contribution in [0.5, 0.6) is 0 Å². The molecule has 0 atom stereocenters. The second-order valence-electron chi connectivity index (χ2n) is 7.36. The summed E-state index contributed by atoms with van der Waals surface area (Å²) in [4.78, 5) is 9.50. The highest BCUT2D eigenvalue weighted by Crippen LogP contribution is 2.22. The van der Waals surface area contributed by atoms with Gasteiger partial charge in [-0.2, -0.15) is 8.82 Å². The molecule has 10 heteroatoms. The molecule has 1 fully saturated rings. The molecule has 0 radical (unpaired) electrons. The van der Waals surface area contributed by atoms with E-state index < -0.39 is 10.0 Å². The van der Waals surface area contributed by atoms with Crippen molar-refractivity contribution in [3.05, 3.63) is 59.9 Å². The van der Waals surface area contributed by atoms with Gasteiger partial charge in [0.05, 0.1) is 23.6 Å². The number of para-hydroxylation sites is 1. The Labute approximate surface area is 179 Å². The molecular weight excluding hydrogens is 416 g/mol. The van der Waals surface area contributed by atoms with Gasteiger partial charge in [0.25, 0.3) is 0 Å². The predicted molar refractivity (Wildman–Crippen MR) is 116 cm³/mol. The van der Waals surface area contributed by atoms with E-state index in [0.29, 0.717) is 44.6 Å². The van der Waals surface area contributed by atoms with E-state index in [2.05, 4.69) is 20.4 Å². The summed E-state index contributed by atoms with van der Waals surface area (Å²) in [7, 11) is -3.50. The van der Waals surface area contributed by atoms with E-state index in [-0.39, 0.29) is 4.90 Å². The molecule has 1 aliphatic heterocycles. The number of hydrogen-bond donors (Lipinski definition) is 1. The van der Waals surface area contributed by atoms with Crippen LogP contribution < -0.4 is 5.32 Å². The Morgan fingerprint density at radius 2 is 1.77 bits per heavy atom. The van der Waals surface area contributed by atoms with E-state index in [1.54, 1.807) is 16.6 Å². The Balaban J connectivity index is 1.38. The Hall–Kier alpha value is -3.08. The molecule has 9 nitrogen and oxygen atoms in total. The van der Waals surface area contributed by atoms with Gasteiger partial charge in [0.15, 0.2) is 5.65 Å². The first-order valence-electron chi connectivity index (χ1n) is 10.1. The largest absolute Gasteiger partial charge is 0.379 e. The third kappa shape index (κ3) is 3.73. The zero-order chi connectivity index (χ0) is 21.4. The standard InChI is InChI=1S/C21H22N6O3S/c1-15-23-20-18-4-2-3-5-19(18)24-21(27(20)25-15)22-14-16-6-8-17(9-7-16)31(28,29)26-10-12-30-13-11-26/h2-9H,10-14H2,1H3,(H,22,24). The fourth-order valence-corrected chi connectivity index (χ4v) is 5.08. The van der Waals surface area contributed by atoms with Gasteiger partial charge in [0.1, 0.15) is 5.82 Å². The maximum atomic E-state index is 12.8. The Morgan fingerprint density at radius 1 is 1.03 bits per heavy atom. The van der Waals surface area contributed by atoms with Gasteiger partial charge in [-0.05, 0) is 36.8 Å². The van der Waals surface area contributed by atoms with Crippen LogP contribution in [0.4, 0.5) is 5.95 Å². The number of ether oxygens (including phenoxy) is 1. The maximum absolute atomic E-state index is 12.8. The van der Waals surface area contributed by atoms with Crippen molar-refractivity contribution in [2.24, 2.45) is 0 Å². The maximum Gasteiger partial charge on any atom is 0.243 e. The molecule has 0 bridgehead atoms. The minimum absolute atomic E-state index is 0.288. The van der Waals surface area contributed by atoms with E-state index in [1.807, 2.05) is 43.3 Å². The van der Waals surface area contributed by atoms with Crippen LogP contribution >= 0.6 is 0 Å². The summed E-state index contributed by atoms with van der Waals surface area (Å²) >= 11 is 0. The van der Waals surface area contributed by atoms with Gasteiger partial charge in [-0.1, -0.05) is 24.3 Å². The quantitative estimate of drug-likeness (QED) is 0.510. The monoisotopic (exact) mass is 438 g/mol. The van der Waals surface area contributed by atoms with Crippen molar-refractivity contribution >= 4 is 32.5 Å². The molecule has 0 amide bonds.